The Morgan fingerprint density at radius 1 is 1.37 bits per heavy atom. The van der Waals surface area contributed by atoms with E-state index in [2.05, 4.69) is 28.6 Å². The highest BCUT2D eigenvalue weighted by molar-refractivity contribution is 7.10. The number of nitrogens with one attached hydrogen (secondary N) is 1. The number of hydrogen-bond donors (Lipinski definition) is 1. The number of piperidine rings is 1. The lowest BCUT2D eigenvalue weighted by Gasteiger charge is -2.33. The maximum atomic E-state index is 13.0. The van der Waals surface area contributed by atoms with Crippen LogP contribution in [0.1, 0.15) is 42.8 Å². The lowest BCUT2D eigenvalue weighted by molar-refractivity contribution is -0.126. The van der Waals surface area contributed by atoms with E-state index in [1.165, 1.54) is 4.88 Å². The Morgan fingerprint density at radius 2 is 2.23 bits per heavy atom. The van der Waals surface area contributed by atoms with Crippen LogP contribution in [0.15, 0.2) is 35.7 Å². The van der Waals surface area contributed by atoms with Gasteiger partial charge in [0.2, 0.25) is 11.9 Å². The van der Waals surface area contributed by atoms with E-state index in [0.29, 0.717) is 12.5 Å². The molecule has 0 aliphatic carbocycles. The summed E-state index contributed by atoms with van der Waals surface area (Å²) in [5, 5.41) is 6.33. The van der Waals surface area contributed by atoms with E-state index >= 15 is 0 Å². The van der Waals surface area contributed by atoms with Crippen LogP contribution in [0.4, 0.5) is 5.95 Å². The minimum atomic E-state index is -0.0577. The first-order valence-corrected chi connectivity index (χ1v) is 11.4. The summed E-state index contributed by atoms with van der Waals surface area (Å²) >= 11 is 1.69. The molecule has 7 heteroatoms. The summed E-state index contributed by atoms with van der Waals surface area (Å²) in [4.78, 5) is 25.9. The van der Waals surface area contributed by atoms with Gasteiger partial charge in [-0.25, -0.2) is 9.97 Å². The quantitative estimate of drug-likeness (QED) is 0.631. The van der Waals surface area contributed by atoms with E-state index in [-0.39, 0.29) is 17.9 Å². The monoisotopic (exact) mass is 424 g/mol. The summed E-state index contributed by atoms with van der Waals surface area (Å²) in [6, 6.07) is 10.1. The molecule has 0 saturated carbocycles. The number of anilines is 1. The van der Waals surface area contributed by atoms with Gasteiger partial charge in [0, 0.05) is 29.4 Å². The van der Waals surface area contributed by atoms with Gasteiger partial charge < -0.3 is 15.0 Å². The zero-order valence-corrected chi connectivity index (χ0v) is 18.5. The molecule has 1 fully saturated rings. The maximum Gasteiger partial charge on any atom is 0.226 e. The van der Waals surface area contributed by atoms with Crippen LogP contribution in [0.5, 0.6) is 5.75 Å². The van der Waals surface area contributed by atoms with Gasteiger partial charge in [-0.15, -0.1) is 11.3 Å². The molecule has 3 heterocycles. The first-order chi connectivity index (χ1) is 14.6. The average molecular weight is 425 g/mol. The van der Waals surface area contributed by atoms with E-state index in [1.54, 1.807) is 18.4 Å². The van der Waals surface area contributed by atoms with Gasteiger partial charge in [-0.05, 0) is 49.8 Å². The standard InChI is InChI=1S/C23H28N4O2S/c1-4-19(21-8-6-12-30-21)25-22(28)16-7-5-11-27(14-16)23-24-15(2)18-10-9-17(29-3)13-20(18)26-23/h6,8-10,12-13,16,19H,4-5,7,11,14H2,1-3H3,(H,25,28)/t16-,19+/m0/s1. The Kier molecular flexibility index (Phi) is 6.18. The van der Waals surface area contributed by atoms with Gasteiger partial charge in [0.15, 0.2) is 0 Å². The fraction of sp³-hybridized carbons (Fsp3) is 0.435. The normalized spacial score (nSPS) is 17.7. The smallest absolute Gasteiger partial charge is 0.226 e. The predicted molar refractivity (Wildman–Crippen MR) is 121 cm³/mol. The van der Waals surface area contributed by atoms with E-state index in [9.17, 15) is 4.79 Å². The van der Waals surface area contributed by atoms with Crippen molar-refractivity contribution in [3.05, 3.63) is 46.3 Å². The highest BCUT2D eigenvalue weighted by atomic mass is 32.1. The maximum absolute atomic E-state index is 13.0. The van der Waals surface area contributed by atoms with Crippen molar-refractivity contribution in [1.82, 2.24) is 15.3 Å². The molecule has 4 rings (SSSR count). The number of aromatic nitrogens is 2. The minimum Gasteiger partial charge on any atom is -0.497 e. The molecule has 0 spiro atoms. The second kappa shape index (κ2) is 9.00. The number of fused-ring (bicyclic) bond motifs is 1. The van der Waals surface area contributed by atoms with Crippen LogP contribution < -0.4 is 15.0 Å². The number of thiophene rings is 1. The second-order valence-electron chi connectivity index (χ2n) is 7.76. The molecule has 1 amide bonds. The molecular weight excluding hydrogens is 396 g/mol. The summed E-state index contributed by atoms with van der Waals surface area (Å²) < 4.78 is 5.35. The molecule has 1 saturated heterocycles. The minimum absolute atomic E-state index is 0.0577. The lowest BCUT2D eigenvalue weighted by atomic mass is 9.96. The Hall–Kier alpha value is -2.67. The molecule has 0 bridgehead atoms. The molecular formula is C23H28N4O2S. The molecule has 1 N–H and O–H groups in total. The highest BCUT2D eigenvalue weighted by Gasteiger charge is 2.29. The number of benzene rings is 1. The third kappa shape index (κ3) is 4.26. The van der Waals surface area contributed by atoms with Gasteiger partial charge in [-0.1, -0.05) is 13.0 Å². The predicted octanol–water partition coefficient (Wildman–Crippen LogP) is 4.49. The van der Waals surface area contributed by atoms with E-state index in [1.807, 2.05) is 31.2 Å². The van der Waals surface area contributed by atoms with Crippen LogP contribution in [-0.2, 0) is 4.79 Å². The van der Waals surface area contributed by atoms with Crippen molar-refractivity contribution in [3.8, 4) is 5.75 Å². The third-order valence-electron chi connectivity index (χ3n) is 5.77. The van der Waals surface area contributed by atoms with Gasteiger partial charge in [0.05, 0.1) is 30.3 Å². The van der Waals surface area contributed by atoms with Crippen molar-refractivity contribution in [2.75, 3.05) is 25.1 Å². The van der Waals surface area contributed by atoms with Crippen molar-refractivity contribution in [2.45, 2.75) is 39.2 Å². The van der Waals surface area contributed by atoms with Crippen molar-refractivity contribution in [3.63, 3.8) is 0 Å². The Bertz CT molecular complexity index is 1020. The number of carbonyl (C=O) groups is 1. The van der Waals surface area contributed by atoms with E-state index in [0.717, 1.165) is 48.2 Å². The van der Waals surface area contributed by atoms with Crippen LogP contribution in [0, 0.1) is 12.8 Å². The molecule has 158 valence electrons. The number of carbonyl (C=O) groups excluding carboxylic acids is 1. The lowest BCUT2D eigenvalue weighted by Crippen LogP contribution is -2.44. The van der Waals surface area contributed by atoms with Crippen LogP contribution >= 0.6 is 11.3 Å². The summed E-state index contributed by atoms with van der Waals surface area (Å²) in [6.45, 7) is 5.61. The first kappa shape index (κ1) is 20.6. The average Bonchev–Trinajstić information content (AvgIpc) is 3.31. The Morgan fingerprint density at radius 3 is 2.97 bits per heavy atom. The molecule has 2 aromatic heterocycles. The first-order valence-electron chi connectivity index (χ1n) is 10.5. The van der Waals surface area contributed by atoms with Gasteiger partial charge >= 0.3 is 0 Å². The molecule has 0 radical (unpaired) electrons. The van der Waals surface area contributed by atoms with Crippen molar-refractivity contribution in [2.24, 2.45) is 5.92 Å². The second-order valence-corrected chi connectivity index (χ2v) is 8.74. The van der Waals surface area contributed by atoms with Gasteiger partial charge in [0.1, 0.15) is 5.75 Å². The van der Waals surface area contributed by atoms with Crippen LogP contribution in [0.2, 0.25) is 0 Å². The zero-order valence-electron chi connectivity index (χ0n) is 17.7. The summed E-state index contributed by atoms with van der Waals surface area (Å²) in [5.74, 6) is 1.54. The fourth-order valence-corrected chi connectivity index (χ4v) is 4.91. The van der Waals surface area contributed by atoms with Crippen LogP contribution in [0.25, 0.3) is 10.9 Å². The number of rotatable bonds is 6. The largest absolute Gasteiger partial charge is 0.497 e. The van der Waals surface area contributed by atoms with E-state index in [4.69, 9.17) is 14.7 Å². The van der Waals surface area contributed by atoms with Gasteiger partial charge in [0.25, 0.3) is 0 Å². The fourth-order valence-electron chi connectivity index (χ4n) is 4.05. The Labute approximate surface area is 181 Å². The number of nitrogens with zero attached hydrogens (tertiary/aromatic N) is 3. The number of hydrogen-bond acceptors (Lipinski definition) is 6. The van der Waals surface area contributed by atoms with Crippen molar-refractivity contribution < 1.29 is 9.53 Å². The van der Waals surface area contributed by atoms with Gasteiger partial charge in [-0.2, -0.15) is 0 Å². The summed E-state index contributed by atoms with van der Waals surface area (Å²) in [7, 11) is 1.66. The number of amides is 1. The Balaban J connectivity index is 1.51. The van der Waals surface area contributed by atoms with Crippen molar-refractivity contribution >= 4 is 34.1 Å². The van der Waals surface area contributed by atoms with Crippen LogP contribution in [0.3, 0.4) is 0 Å². The number of methoxy groups -OCH3 is 1. The molecule has 1 aromatic carbocycles. The molecule has 30 heavy (non-hydrogen) atoms. The SMILES string of the molecule is CC[C@@H](NC(=O)[C@H]1CCCN(c2nc(C)c3ccc(OC)cc3n2)C1)c1cccs1. The number of ether oxygens (including phenoxy) is 1. The third-order valence-corrected chi connectivity index (χ3v) is 6.76. The molecule has 3 aromatic rings. The molecule has 1 aliphatic rings. The molecule has 0 unspecified atom stereocenters. The van der Waals surface area contributed by atoms with Crippen LogP contribution in [-0.4, -0.2) is 36.1 Å². The highest BCUT2D eigenvalue weighted by Crippen LogP contribution is 2.27. The zero-order chi connectivity index (χ0) is 21.1. The van der Waals surface area contributed by atoms with Crippen molar-refractivity contribution in [1.29, 1.82) is 0 Å². The van der Waals surface area contributed by atoms with Gasteiger partial charge in [-0.3, -0.25) is 4.79 Å². The summed E-state index contributed by atoms with van der Waals surface area (Å²) in [5.41, 5.74) is 1.81. The van der Waals surface area contributed by atoms with E-state index < -0.39 is 0 Å². The number of aryl methyl sites for hydroxylation is 1. The molecule has 2 atom stereocenters. The molecule has 1 aliphatic heterocycles. The topological polar surface area (TPSA) is 67.4 Å². The molecule has 6 nitrogen and oxygen atoms in total. The summed E-state index contributed by atoms with van der Waals surface area (Å²) in [6.07, 6.45) is 2.73.